The van der Waals surface area contributed by atoms with E-state index < -0.39 is 59.9 Å². The fourth-order valence-corrected chi connectivity index (χ4v) is 8.62. The topological polar surface area (TPSA) is 192 Å². The highest BCUT2D eigenvalue weighted by Gasteiger charge is 2.48. The van der Waals surface area contributed by atoms with Crippen LogP contribution in [0.4, 0.5) is 0 Å². The summed E-state index contributed by atoms with van der Waals surface area (Å²) in [6, 6.07) is -0.850. The Morgan fingerprint density at radius 3 is 1.36 bits per heavy atom. The van der Waals surface area contributed by atoms with Crippen LogP contribution in [0, 0.1) is 0 Å². The minimum absolute atomic E-state index is 0.227. The molecule has 12 nitrogen and oxygen atoms in total. The molecule has 1 amide bonds. The molecule has 0 bridgehead atoms. The van der Waals surface area contributed by atoms with E-state index in [9.17, 15) is 38.2 Å². The number of hydrogen-bond acceptors (Lipinski definition) is 10. The lowest BCUT2D eigenvalue weighted by Gasteiger charge is -2.41. The predicted octanol–water partition coefficient (Wildman–Crippen LogP) is 9.78. The Balaban J connectivity index is 2.36. The molecule has 1 aliphatic heterocycles. The highest BCUT2D eigenvalue weighted by molar-refractivity contribution is 7.80. The van der Waals surface area contributed by atoms with E-state index in [4.69, 9.17) is 9.47 Å². The lowest BCUT2D eigenvalue weighted by Crippen LogP contribution is -2.61. The molecule has 7 atom stereocenters. The van der Waals surface area contributed by atoms with E-state index in [2.05, 4.69) is 23.3 Å². The summed E-state index contributed by atoms with van der Waals surface area (Å²) < 4.78 is 47.6. The molecule has 0 saturated carbocycles. The van der Waals surface area contributed by atoms with Crippen molar-refractivity contribution in [1.82, 2.24) is 5.32 Å². The van der Waals surface area contributed by atoms with Crippen LogP contribution in [-0.2, 0) is 28.9 Å². The lowest BCUT2D eigenvalue weighted by atomic mass is 9.99. The largest absolute Gasteiger partial charge is 0.397 e. The van der Waals surface area contributed by atoms with Gasteiger partial charge in [-0.05, 0) is 12.8 Å². The van der Waals surface area contributed by atoms with E-state index in [1.165, 1.54) is 154 Å². The maximum Gasteiger partial charge on any atom is 0.397 e. The smallest absolute Gasteiger partial charge is 0.394 e. The SMILES string of the molecule is CCCCCCCCCCCCCCCCCCCCCCCCC(=O)NC(COC1OC(CO)C(O)C(OS(=O)(=O)O)C1O)C(O)CCCCCCCCCCCC. The first kappa shape index (κ1) is 56.1. The zero-order valence-corrected chi connectivity index (χ0v) is 38.4. The van der Waals surface area contributed by atoms with E-state index in [0.717, 1.165) is 51.4 Å². The molecule has 1 saturated heterocycles. The third kappa shape index (κ3) is 30.7. The van der Waals surface area contributed by atoms with Crippen molar-refractivity contribution >= 4 is 16.3 Å². The minimum atomic E-state index is -5.07. The summed E-state index contributed by atoms with van der Waals surface area (Å²) in [5.41, 5.74) is 0. The van der Waals surface area contributed by atoms with Crippen LogP contribution in [0.1, 0.15) is 232 Å². The summed E-state index contributed by atoms with van der Waals surface area (Å²) in [6.07, 6.45) is 31.2. The second-order valence-corrected chi connectivity index (χ2v) is 18.5. The van der Waals surface area contributed by atoms with Crippen molar-refractivity contribution in [2.45, 2.75) is 275 Å². The Kier molecular flexibility index (Phi) is 35.8. The number of amides is 1. The van der Waals surface area contributed by atoms with Crippen molar-refractivity contribution in [2.24, 2.45) is 0 Å². The van der Waals surface area contributed by atoms with Crippen LogP contribution >= 0.6 is 0 Å². The maximum atomic E-state index is 13.0. The molecule has 7 unspecified atom stereocenters. The van der Waals surface area contributed by atoms with Crippen molar-refractivity contribution in [3.05, 3.63) is 0 Å². The first-order chi connectivity index (χ1) is 28.5. The van der Waals surface area contributed by atoms with Crippen LogP contribution in [-0.4, -0.2) is 95.4 Å². The molecule has 0 aromatic carbocycles. The Morgan fingerprint density at radius 2 is 0.983 bits per heavy atom. The second kappa shape index (κ2) is 37.6. The van der Waals surface area contributed by atoms with Crippen LogP contribution in [0.15, 0.2) is 0 Å². The standard InChI is InChI=1S/C46H91NO11S/c1-3-5-7-9-11-13-15-16-17-18-19-20-21-22-23-24-25-26-28-30-32-34-36-42(50)47-39(40(49)35-33-31-29-27-14-12-10-8-6-4-2)38-56-46-44(52)45(58-59(53,54)55)43(51)41(37-48)57-46/h39-41,43-46,48-49,51-52H,3-38H2,1-2H3,(H,47,50)(H,53,54,55). The molecule has 0 spiro atoms. The number of aliphatic hydroxyl groups is 4. The number of aliphatic hydroxyl groups excluding tert-OH is 4. The monoisotopic (exact) mass is 866 g/mol. The molecule has 59 heavy (non-hydrogen) atoms. The van der Waals surface area contributed by atoms with Crippen molar-refractivity contribution in [3.63, 3.8) is 0 Å². The number of rotatable bonds is 42. The van der Waals surface area contributed by atoms with Gasteiger partial charge in [0, 0.05) is 6.42 Å². The third-order valence-corrected chi connectivity index (χ3v) is 12.4. The molecule has 0 aromatic heterocycles. The van der Waals surface area contributed by atoms with Crippen molar-refractivity contribution in [2.75, 3.05) is 13.2 Å². The molecule has 0 radical (unpaired) electrons. The van der Waals surface area contributed by atoms with E-state index in [0.29, 0.717) is 12.8 Å². The summed E-state index contributed by atoms with van der Waals surface area (Å²) in [4.78, 5) is 13.0. The molecular weight excluding hydrogens is 775 g/mol. The van der Waals surface area contributed by atoms with E-state index >= 15 is 0 Å². The van der Waals surface area contributed by atoms with Crippen LogP contribution < -0.4 is 5.32 Å². The van der Waals surface area contributed by atoms with E-state index in [1.807, 2.05) is 0 Å². The number of nitrogens with one attached hydrogen (secondary N) is 1. The molecule has 0 aliphatic carbocycles. The Bertz CT molecular complexity index is 1070. The summed E-state index contributed by atoms with van der Waals surface area (Å²) in [5, 5.41) is 44.8. The van der Waals surface area contributed by atoms with Gasteiger partial charge in [0.15, 0.2) is 6.29 Å². The van der Waals surface area contributed by atoms with Gasteiger partial charge in [0.1, 0.15) is 24.4 Å². The third-order valence-electron chi connectivity index (χ3n) is 11.9. The van der Waals surface area contributed by atoms with Gasteiger partial charge in [-0.3, -0.25) is 9.35 Å². The van der Waals surface area contributed by atoms with Gasteiger partial charge in [0.05, 0.1) is 25.4 Å². The molecule has 1 fully saturated rings. The van der Waals surface area contributed by atoms with Gasteiger partial charge >= 0.3 is 10.4 Å². The van der Waals surface area contributed by atoms with Gasteiger partial charge in [-0.1, -0.05) is 213 Å². The molecule has 352 valence electrons. The molecule has 0 aromatic rings. The Hall–Kier alpha value is -0.900. The fourth-order valence-electron chi connectivity index (χ4n) is 8.11. The molecule has 1 rings (SSSR count). The number of carbonyl (C=O) groups is 1. The number of unbranched alkanes of at least 4 members (excludes halogenated alkanes) is 30. The molecule has 13 heteroatoms. The van der Waals surface area contributed by atoms with E-state index in [1.54, 1.807) is 0 Å². The first-order valence-electron chi connectivity index (χ1n) is 24.4. The first-order valence-corrected chi connectivity index (χ1v) is 25.8. The second-order valence-electron chi connectivity index (χ2n) is 17.4. The maximum absolute atomic E-state index is 13.0. The summed E-state index contributed by atoms with van der Waals surface area (Å²) >= 11 is 0. The minimum Gasteiger partial charge on any atom is -0.394 e. The molecule has 6 N–H and O–H groups in total. The Labute approximate surface area is 360 Å². The van der Waals surface area contributed by atoms with Crippen molar-refractivity contribution < 1.29 is 51.8 Å². The number of carbonyl (C=O) groups excluding carboxylic acids is 1. The summed E-state index contributed by atoms with van der Waals surface area (Å²) in [7, 11) is -5.07. The average Bonchev–Trinajstić information content (AvgIpc) is 3.20. The van der Waals surface area contributed by atoms with Gasteiger partial charge in [-0.2, -0.15) is 8.42 Å². The van der Waals surface area contributed by atoms with Gasteiger partial charge in [0.25, 0.3) is 0 Å². The highest BCUT2D eigenvalue weighted by Crippen LogP contribution is 2.26. The van der Waals surface area contributed by atoms with Crippen LogP contribution in [0.25, 0.3) is 0 Å². The van der Waals surface area contributed by atoms with Gasteiger partial charge < -0.3 is 35.2 Å². The van der Waals surface area contributed by atoms with Gasteiger partial charge in [0.2, 0.25) is 5.91 Å². The fraction of sp³-hybridized carbons (Fsp3) is 0.978. The summed E-state index contributed by atoms with van der Waals surface area (Å²) in [6.45, 7) is 3.44. The zero-order valence-electron chi connectivity index (χ0n) is 37.6. The summed E-state index contributed by atoms with van der Waals surface area (Å²) in [5.74, 6) is -0.227. The van der Waals surface area contributed by atoms with Crippen molar-refractivity contribution in [1.29, 1.82) is 0 Å². The van der Waals surface area contributed by atoms with Crippen LogP contribution in [0.3, 0.4) is 0 Å². The predicted molar refractivity (Wildman–Crippen MR) is 236 cm³/mol. The lowest BCUT2D eigenvalue weighted by molar-refractivity contribution is -0.298. The van der Waals surface area contributed by atoms with Gasteiger partial charge in [-0.15, -0.1) is 0 Å². The zero-order chi connectivity index (χ0) is 43.4. The van der Waals surface area contributed by atoms with Crippen molar-refractivity contribution in [3.8, 4) is 0 Å². The normalized spacial score (nSPS) is 20.8. The van der Waals surface area contributed by atoms with E-state index in [-0.39, 0.29) is 12.5 Å². The van der Waals surface area contributed by atoms with Gasteiger partial charge in [-0.25, -0.2) is 4.18 Å². The number of hydrogen-bond donors (Lipinski definition) is 6. The van der Waals surface area contributed by atoms with Crippen LogP contribution in [0.5, 0.6) is 0 Å². The Morgan fingerprint density at radius 1 is 0.610 bits per heavy atom. The number of ether oxygens (including phenoxy) is 2. The quantitative estimate of drug-likeness (QED) is 0.0253. The molecule has 1 heterocycles. The van der Waals surface area contributed by atoms with Crippen LogP contribution in [0.2, 0.25) is 0 Å². The average molecular weight is 866 g/mol. The molecule has 1 aliphatic rings. The molecular formula is C46H91NO11S. The highest BCUT2D eigenvalue weighted by atomic mass is 32.3.